The van der Waals surface area contributed by atoms with Gasteiger partial charge in [0, 0.05) is 32.7 Å². The van der Waals surface area contributed by atoms with Gasteiger partial charge in [-0.3, -0.25) is 4.79 Å². The topological polar surface area (TPSA) is 66.9 Å². The molecule has 1 spiro atoms. The summed E-state index contributed by atoms with van der Waals surface area (Å²) in [6, 6.07) is 6.01. The highest BCUT2D eigenvalue weighted by Crippen LogP contribution is 2.32. The molecule has 0 saturated carbocycles. The minimum atomic E-state index is -3.39. The van der Waals surface area contributed by atoms with Gasteiger partial charge in [-0.2, -0.15) is 4.31 Å². The van der Waals surface area contributed by atoms with E-state index in [1.807, 2.05) is 0 Å². The fourth-order valence-corrected chi connectivity index (χ4v) is 4.26. The molecule has 0 aliphatic carbocycles. The van der Waals surface area contributed by atoms with Crippen molar-refractivity contribution in [3.8, 4) is 0 Å². The van der Waals surface area contributed by atoms with E-state index < -0.39 is 15.6 Å². The Kier molecular flexibility index (Phi) is 4.63. The molecule has 2 fully saturated rings. The van der Waals surface area contributed by atoms with Gasteiger partial charge in [0.05, 0.1) is 18.4 Å². The number of amides is 1. The smallest absolute Gasteiger partial charge is 0.224 e. The Morgan fingerprint density at radius 3 is 2.58 bits per heavy atom. The number of carbonyl (C=O) groups excluding carboxylic acids is 1. The molecule has 1 aromatic rings. The fourth-order valence-electron chi connectivity index (χ4n) is 3.36. The van der Waals surface area contributed by atoms with E-state index in [-0.39, 0.29) is 31.2 Å². The van der Waals surface area contributed by atoms with Gasteiger partial charge in [0.25, 0.3) is 0 Å². The second kappa shape index (κ2) is 6.42. The molecule has 0 aromatic heterocycles. The van der Waals surface area contributed by atoms with E-state index in [2.05, 4.69) is 0 Å². The van der Waals surface area contributed by atoms with E-state index in [4.69, 9.17) is 4.74 Å². The zero-order valence-corrected chi connectivity index (χ0v) is 14.4. The summed E-state index contributed by atoms with van der Waals surface area (Å²) in [5.41, 5.74) is 0.147. The van der Waals surface area contributed by atoms with Gasteiger partial charge < -0.3 is 9.64 Å². The normalized spacial score (nSPS) is 26.1. The largest absolute Gasteiger partial charge is 0.379 e. The first-order valence-corrected chi connectivity index (χ1v) is 9.73. The van der Waals surface area contributed by atoms with Crippen LogP contribution >= 0.6 is 0 Å². The van der Waals surface area contributed by atoms with E-state index in [9.17, 15) is 17.6 Å². The Bertz CT molecular complexity index is 714. The summed E-state index contributed by atoms with van der Waals surface area (Å²) in [5, 5.41) is 0. The molecule has 0 N–H and O–H groups in total. The first-order valence-electron chi connectivity index (χ1n) is 7.88. The third kappa shape index (κ3) is 3.45. The molecule has 0 bridgehead atoms. The number of ether oxygens (including phenoxy) is 1. The van der Waals surface area contributed by atoms with Gasteiger partial charge in [-0.25, -0.2) is 12.8 Å². The van der Waals surface area contributed by atoms with Gasteiger partial charge in [0.2, 0.25) is 15.9 Å². The minimum absolute atomic E-state index is 0.101. The van der Waals surface area contributed by atoms with Crippen molar-refractivity contribution in [1.82, 2.24) is 9.21 Å². The highest BCUT2D eigenvalue weighted by molar-refractivity contribution is 7.88. The fraction of sp³-hybridized carbons (Fsp3) is 0.562. The lowest BCUT2D eigenvalue weighted by Crippen LogP contribution is -2.56. The lowest BCUT2D eigenvalue weighted by Gasteiger charge is -2.40. The number of nitrogens with zero attached hydrogens (tertiary/aromatic N) is 2. The quantitative estimate of drug-likeness (QED) is 0.810. The molecule has 1 atom stereocenters. The number of sulfonamides is 1. The summed E-state index contributed by atoms with van der Waals surface area (Å²) in [4.78, 5) is 14.4. The first-order chi connectivity index (χ1) is 11.3. The third-order valence-corrected chi connectivity index (χ3v) is 5.97. The molecule has 2 saturated heterocycles. The molecule has 3 rings (SSSR count). The zero-order chi connectivity index (χ0) is 17.4. The van der Waals surface area contributed by atoms with Crippen LogP contribution in [-0.4, -0.2) is 61.6 Å². The molecule has 2 aliphatic rings. The SMILES string of the molecule is CS(=O)(=O)N1CCC(=O)N(Cc2ccc(F)cc2)C2(CCOC2)C1. The van der Waals surface area contributed by atoms with Gasteiger partial charge in [-0.05, 0) is 24.1 Å². The van der Waals surface area contributed by atoms with Gasteiger partial charge in [-0.15, -0.1) is 0 Å². The number of benzene rings is 1. The molecule has 2 aliphatic heterocycles. The van der Waals surface area contributed by atoms with Crippen molar-refractivity contribution in [3.63, 3.8) is 0 Å². The Morgan fingerprint density at radius 2 is 2.00 bits per heavy atom. The maximum Gasteiger partial charge on any atom is 0.224 e. The van der Waals surface area contributed by atoms with Crippen LogP contribution in [0.5, 0.6) is 0 Å². The zero-order valence-electron chi connectivity index (χ0n) is 13.6. The molecule has 0 radical (unpaired) electrons. The Morgan fingerprint density at radius 1 is 1.29 bits per heavy atom. The van der Waals surface area contributed by atoms with Crippen molar-refractivity contribution in [2.45, 2.75) is 24.9 Å². The molecular formula is C16H21FN2O4S. The van der Waals surface area contributed by atoms with E-state index in [0.717, 1.165) is 11.8 Å². The van der Waals surface area contributed by atoms with Crippen molar-refractivity contribution < 1.29 is 22.3 Å². The van der Waals surface area contributed by atoms with Crippen molar-refractivity contribution in [2.24, 2.45) is 0 Å². The number of hydrogen-bond donors (Lipinski definition) is 0. The van der Waals surface area contributed by atoms with Crippen LogP contribution in [-0.2, 0) is 26.1 Å². The predicted octanol–water partition coefficient (Wildman–Crippen LogP) is 0.979. The molecule has 1 unspecified atom stereocenters. The molecule has 132 valence electrons. The maximum atomic E-state index is 13.1. The summed E-state index contributed by atoms with van der Waals surface area (Å²) in [6.45, 7) is 1.54. The molecule has 6 nitrogen and oxygen atoms in total. The average molecular weight is 356 g/mol. The molecule has 1 amide bonds. The van der Waals surface area contributed by atoms with E-state index >= 15 is 0 Å². The first kappa shape index (κ1) is 17.3. The van der Waals surface area contributed by atoms with E-state index in [0.29, 0.717) is 26.2 Å². The summed E-state index contributed by atoms with van der Waals surface area (Å²) < 4.78 is 44.0. The molecule has 8 heteroatoms. The Balaban J connectivity index is 1.92. The molecule has 2 heterocycles. The minimum Gasteiger partial charge on any atom is -0.379 e. The Labute approximate surface area is 141 Å². The van der Waals surface area contributed by atoms with Gasteiger partial charge in [-0.1, -0.05) is 12.1 Å². The highest BCUT2D eigenvalue weighted by atomic mass is 32.2. The summed E-state index contributed by atoms with van der Waals surface area (Å²) in [6.07, 6.45) is 1.89. The number of carbonyl (C=O) groups is 1. The van der Waals surface area contributed by atoms with Crippen molar-refractivity contribution in [3.05, 3.63) is 35.6 Å². The van der Waals surface area contributed by atoms with E-state index in [1.165, 1.54) is 16.4 Å². The Hall–Kier alpha value is -1.51. The van der Waals surface area contributed by atoms with Crippen molar-refractivity contribution in [2.75, 3.05) is 32.6 Å². The molecule has 1 aromatic carbocycles. The maximum absolute atomic E-state index is 13.1. The van der Waals surface area contributed by atoms with Crippen LogP contribution in [0.4, 0.5) is 4.39 Å². The number of halogens is 1. The van der Waals surface area contributed by atoms with Crippen molar-refractivity contribution in [1.29, 1.82) is 0 Å². The van der Waals surface area contributed by atoms with Gasteiger partial charge in [0.1, 0.15) is 5.82 Å². The average Bonchev–Trinajstić information content (AvgIpc) is 2.93. The summed E-state index contributed by atoms with van der Waals surface area (Å²) >= 11 is 0. The lowest BCUT2D eigenvalue weighted by molar-refractivity contribution is -0.137. The van der Waals surface area contributed by atoms with Crippen LogP contribution in [0.2, 0.25) is 0 Å². The van der Waals surface area contributed by atoms with Crippen LogP contribution < -0.4 is 0 Å². The number of rotatable bonds is 3. The molecular weight excluding hydrogens is 335 g/mol. The van der Waals surface area contributed by atoms with Crippen LogP contribution in [0.1, 0.15) is 18.4 Å². The van der Waals surface area contributed by atoms with Gasteiger partial charge in [0.15, 0.2) is 0 Å². The third-order valence-electron chi connectivity index (χ3n) is 4.72. The van der Waals surface area contributed by atoms with Crippen molar-refractivity contribution >= 4 is 15.9 Å². The monoisotopic (exact) mass is 356 g/mol. The standard InChI is InChI=1S/C16H21FN2O4S/c1-24(21,22)18-8-6-15(20)19(16(11-18)7-9-23-12-16)10-13-2-4-14(17)5-3-13/h2-5H,6-12H2,1H3. The summed E-state index contributed by atoms with van der Waals surface area (Å²) in [7, 11) is -3.39. The van der Waals surface area contributed by atoms with Crippen LogP contribution in [0.15, 0.2) is 24.3 Å². The van der Waals surface area contributed by atoms with Crippen LogP contribution in [0.25, 0.3) is 0 Å². The number of hydrogen-bond acceptors (Lipinski definition) is 4. The van der Waals surface area contributed by atoms with E-state index in [1.54, 1.807) is 17.0 Å². The predicted molar refractivity (Wildman–Crippen MR) is 86.2 cm³/mol. The highest BCUT2D eigenvalue weighted by Gasteiger charge is 2.47. The molecule has 24 heavy (non-hydrogen) atoms. The second-order valence-electron chi connectivity index (χ2n) is 6.48. The summed E-state index contributed by atoms with van der Waals surface area (Å²) in [5.74, 6) is -0.431. The van der Waals surface area contributed by atoms with Gasteiger partial charge >= 0.3 is 0 Å². The van der Waals surface area contributed by atoms with Crippen LogP contribution in [0, 0.1) is 5.82 Å². The lowest BCUT2D eigenvalue weighted by atomic mass is 9.95. The van der Waals surface area contributed by atoms with Crippen LogP contribution in [0.3, 0.4) is 0 Å². The second-order valence-corrected chi connectivity index (χ2v) is 8.46.